The van der Waals surface area contributed by atoms with Gasteiger partial charge in [-0.3, -0.25) is 14.6 Å². The van der Waals surface area contributed by atoms with E-state index in [4.69, 9.17) is 4.74 Å². The number of aromatic nitrogens is 2. The van der Waals surface area contributed by atoms with E-state index in [0.717, 1.165) is 28.0 Å². The zero-order chi connectivity index (χ0) is 20.1. The fourth-order valence-corrected chi connectivity index (χ4v) is 2.97. The summed E-state index contributed by atoms with van der Waals surface area (Å²) in [6.45, 7) is 5.51. The molecule has 0 bridgehead atoms. The van der Waals surface area contributed by atoms with Crippen molar-refractivity contribution in [3.63, 3.8) is 0 Å². The third kappa shape index (κ3) is 4.22. The van der Waals surface area contributed by atoms with Crippen LogP contribution in [0.4, 0.5) is 5.69 Å². The smallest absolute Gasteiger partial charge is 0.251 e. The van der Waals surface area contributed by atoms with Crippen molar-refractivity contribution in [1.29, 1.82) is 0 Å². The maximum atomic E-state index is 12.4. The normalized spacial score (nSPS) is 13.0. The van der Waals surface area contributed by atoms with Gasteiger partial charge in [0.25, 0.3) is 5.56 Å². The number of rotatable bonds is 4. The molecule has 3 aromatic rings. The summed E-state index contributed by atoms with van der Waals surface area (Å²) in [6.07, 6.45) is 3.00. The van der Waals surface area contributed by atoms with E-state index in [1.807, 2.05) is 35.2 Å². The molecule has 0 saturated carbocycles. The fourth-order valence-electron chi connectivity index (χ4n) is 2.97. The highest BCUT2D eigenvalue weighted by Crippen LogP contribution is 2.22. The lowest BCUT2D eigenvalue weighted by Gasteiger charge is -2.31. The predicted molar refractivity (Wildman–Crippen MR) is 111 cm³/mol. The van der Waals surface area contributed by atoms with Crippen molar-refractivity contribution in [1.82, 2.24) is 9.55 Å². The van der Waals surface area contributed by atoms with E-state index in [1.165, 1.54) is 12.5 Å². The van der Waals surface area contributed by atoms with Gasteiger partial charge in [0.1, 0.15) is 5.75 Å². The number of hydrogen-bond donors (Lipinski definition) is 0. The summed E-state index contributed by atoms with van der Waals surface area (Å²) >= 11 is 0. The number of ether oxygens (including phenoxy) is 1. The molecule has 0 unspecified atom stereocenters. The van der Waals surface area contributed by atoms with Crippen molar-refractivity contribution in [2.75, 3.05) is 25.1 Å². The maximum absolute atomic E-state index is 12.4. The molecule has 0 aliphatic carbocycles. The van der Waals surface area contributed by atoms with Gasteiger partial charge in [0.2, 0.25) is 0 Å². The molecule has 1 aromatic carbocycles. The van der Waals surface area contributed by atoms with Crippen molar-refractivity contribution in [2.45, 2.75) is 26.8 Å². The zero-order valence-electron chi connectivity index (χ0n) is 16.5. The van der Waals surface area contributed by atoms with E-state index in [1.54, 1.807) is 23.9 Å². The summed E-state index contributed by atoms with van der Waals surface area (Å²) in [7, 11) is 1.62. The molecule has 1 aliphatic heterocycles. The van der Waals surface area contributed by atoms with Gasteiger partial charge in [-0.1, -0.05) is 32.4 Å². The van der Waals surface area contributed by atoms with Crippen LogP contribution in [0.15, 0.2) is 53.5 Å². The Balaban J connectivity index is 0.000000706. The lowest BCUT2D eigenvalue weighted by atomic mass is 10.1. The van der Waals surface area contributed by atoms with E-state index in [0.29, 0.717) is 19.6 Å². The summed E-state index contributed by atoms with van der Waals surface area (Å²) in [5.41, 5.74) is 3.30. The number of carbonyl (C=O) groups excluding carboxylic acids is 1. The van der Waals surface area contributed by atoms with E-state index in [-0.39, 0.29) is 11.3 Å². The second-order valence-corrected chi connectivity index (χ2v) is 6.81. The number of Topliss-reactive ketones (excluding diaryl/α,β-unsaturated/α-hetero) is 1. The van der Waals surface area contributed by atoms with Crippen LogP contribution in [0, 0.1) is 0 Å². The Morgan fingerprint density at radius 3 is 2.32 bits per heavy atom. The van der Waals surface area contributed by atoms with Crippen LogP contribution in [-0.4, -0.2) is 35.5 Å². The van der Waals surface area contributed by atoms with Crippen LogP contribution in [0.3, 0.4) is 0 Å². The number of benzene rings is 1. The molecule has 0 spiro atoms. The van der Waals surface area contributed by atoms with Crippen LogP contribution in [0.5, 0.6) is 5.75 Å². The number of fused-ring (bicyclic) bond motifs is 1. The molecule has 2 aromatic heterocycles. The predicted octanol–water partition coefficient (Wildman–Crippen LogP) is 3.26. The Morgan fingerprint density at radius 2 is 1.71 bits per heavy atom. The second kappa shape index (κ2) is 8.69. The van der Waals surface area contributed by atoms with Gasteiger partial charge in [0.15, 0.2) is 5.78 Å². The molecule has 0 amide bonds. The van der Waals surface area contributed by atoms with Gasteiger partial charge in [-0.05, 0) is 29.8 Å². The van der Waals surface area contributed by atoms with E-state index >= 15 is 0 Å². The van der Waals surface area contributed by atoms with Crippen molar-refractivity contribution < 1.29 is 9.53 Å². The number of anilines is 1. The fraction of sp³-hybridized carbons (Fsp3) is 0.318. The molecule has 1 saturated heterocycles. The average molecular weight is 379 g/mol. The molecule has 4 rings (SSSR count). The Kier molecular flexibility index (Phi) is 6.09. The lowest BCUT2D eigenvalue weighted by molar-refractivity contribution is -0.119. The molecule has 1 fully saturated rings. The van der Waals surface area contributed by atoms with Gasteiger partial charge >= 0.3 is 0 Å². The Morgan fingerprint density at radius 1 is 1.04 bits per heavy atom. The largest absolute Gasteiger partial charge is 0.497 e. The first-order chi connectivity index (χ1) is 13.5. The second-order valence-electron chi connectivity index (χ2n) is 6.81. The first-order valence-corrected chi connectivity index (χ1v) is 9.44. The van der Waals surface area contributed by atoms with Gasteiger partial charge in [-0.15, -0.1) is 0 Å². The maximum Gasteiger partial charge on any atom is 0.251 e. The topological polar surface area (TPSA) is 64.4 Å². The Labute approximate surface area is 164 Å². The highest BCUT2D eigenvalue weighted by Gasteiger charge is 2.24. The first-order valence-electron chi connectivity index (χ1n) is 9.44. The lowest BCUT2D eigenvalue weighted by Crippen LogP contribution is -2.47. The van der Waals surface area contributed by atoms with Gasteiger partial charge in [-0.25, -0.2) is 0 Å². The molecule has 1 aliphatic rings. The molecular formula is C22H25N3O3. The molecule has 0 atom stereocenters. The molecule has 28 heavy (non-hydrogen) atoms. The van der Waals surface area contributed by atoms with Crippen molar-refractivity contribution >= 4 is 22.5 Å². The van der Waals surface area contributed by atoms with Crippen LogP contribution in [-0.2, 0) is 11.3 Å². The standard InChI is InChI=1S/C19H17N3O3.C3H8/c1-25-16-4-2-13(3-5-16)10-22-18-8-14(21-11-15(23)12-21)9-20-17(18)6-7-19(22)24;1-3-2/h2-9H,10-12H2,1H3;3H2,1-2H3. The number of carbonyl (C=O) groups is 1. The molecule has 6 nitrogen and oxygen atoms in total. The van der Waals surface area contributed by atoms with E-state index in [2.05, 4.69) is 18.8 Å². The van der Waals surface area contributed by atoms with Gasteiger partial charge < -0.3 is 14.2 Å². The van der Waals surface area contributed by atoms with E-state index in [9.17, 15) is 9.59 Å². The zero-order valence-corrected chi connectivity index (χ0v) is 16.5. The Hall–Kier alpha value is -3.15. The van der Waals surface area contributed by atoms with Crippen LogP contribution < -0.4 is 15.2 Å². The van der Waals surface area contributed by atoms with Gasteiger partial charge in [0.05, 0.1) is 49.7 Å². The van der Waals surface area contributed by atoms with Crippen LogP contribution in [0.2, 0.25) is 0 Å². The summed E-state index contributed by atoms with van der Waals surface area (Å²) < 4.78 is 6.87. The minimum Gasteiger partial charge on any atom is -0.497 e. The summed E-state index contributed by atoms with van der Waals surface area (Å²) in [6, 6.07) is 12.8. The number of nitrogens with zero attached hydrogens (tertiary/aromatic N) is 3. The minimum absolute atomic E-state index is 0.0815. The Bertz CT molecular complexity index is 1020. The van der Waals surface area contributed by atoms with Gasteiger partial charge in [-0.2, -0.15) is 0 Å². The SMILES string of the molecule is CCC.COc1ccc(Cn2c(=O)ccc3ncc(N4CC(=O)C4)cc32)cc1. The van der Waals surface area contributed by atoms with E-state index < -0.39 is 0 Å². The first kappa shape index (κ1) is 19.6. The number of hydrogen-bond acceptors (Lipinski definition) is 5. The quantitative estimate of drug-likeness (QED) is 0.696. The van der Waals surface area contributed by atoms with Crippen molar-refractivity contribution in [3.05, 3.63) is 64.6 Å². The molecule has 0 N–H and O–H groups in total. The number of ketones is 1. The molecule has 0 radical (unpaired) electrons. The minimum atomic E-state index is -0.0815. The third-order valence-corrected chi connectivity index (χ3v) is 4.42. The molecule has 3 heterocycles. The molecular weight excluding hydrogens is 354 g/mol. The van der Waals surface area contributed by atoms with Crippen LogP contribution >= 0.6 is 0 Å². The monoisotopic (exact) mass is 379 g/mol. The van der Waals surface area contributed by atoms with Crippen molar-refractivity contribution in [2.24, 2.45) is 0 Å². The van der Waals surface area contributed by atoms with Crippen LogP contribution in [0.25, 0.3) is 11.0 Å². The third-order valence-electron chi connectivity index (χ3n) is 4.42. The molecule has 146 valence electrons. The summed E-state index contributed by atoms with van der Waals surface area (Å²) in [5, 5.41) is 0. The van der Waals surface area contributed by atoms with Crippen molar-refractivity contribution in [3.8, 4) is 5.75 Å². The average Bonchev–Trinajstić information content (AvgIpc) is 2.68. The van der Waals surface area contributed by atoms with Crippen LogP contribution in [0.1, 0.15) is 25.8 Å². The van der Waals surface area contributed by atoms with Gasteiger partial charge in [0, 0.05) is 6.07 Å². The highest BCUT2D eigenvalue weighted by molar-refractivity contribution is 5.96. The number of pyridine rings is 2. The summed E-state index contributed by atoms with van der Waals surface area (Å²) in [4.78, 5) is 30.0. The summed E-state index contributed by atoms with van der Waals surface area (Å²) in [5.74, 6) is 0.990. The highest BCUT2D eigenvalue weighted by atomic mass is 16.5. The number of methoxy groups -OCH3 is 1. The molecule has 6 heteroatoms.